The van der Waals surface area contributed by atoms with Crippen molar-refractivity contribution in [3.63, 3.8) is 0 Å². The number of amides is 2. The lowest BCUT2D eigenvalue weighted by atomic mass is 10.1. The van der Waals surface area contributed by atoms with E-state index in [0.717, 1.165) is 0 Å². The largest absolute Gasteiger partial charge is 0.469 e. The zero-order chi connectivity index (χ0) is 12.9. The van der Waals surface area contributed by atoms with Gasteiger partial charge in [-0.1, -0.05) is 0 Å². The lowest BCUT2D eigenvalue weighted by Gasteiger charge is -2.23. The van der Waals surface area contributed by atoms with E-state index in [1.807, 2.05) is 0 Å². The van der Waals surface area contributed by atoms with Crippen LogP contribution in [0.3, 0.4) is 0 Å². The number of likely N-dealkylation sites (N-methyl/N-ethyl adjacent to an activating group) is 1. The Balaban J connectivity index is 4.69. The second kappa shape index (κ2) is 5.95. The molecule has 8 nitrogen and oxygen atoms in total. The van der Waals surface area contributed by atoms with E-state index in [1.54, 1.807) is 0 Å². The molecule has 0 aromatic heterocycles. The summed E-state index contributed by atoms with van der Waals surface area (Å²) in [5.74, 6) is -1.11. The van der Waals surface area contributed by atoms with E-state index >= 15 is 0 Å². The first-order valence-electron chi connectivity index (χ1n) is 4.40. The number of nitrogens with one attached hydrogen (secondary N) is 2. The Morgan fingerprint density at radius 3 is 2.19 bits per heavy atom. The fourth-order valence-electron chi connectivity index (χ4n) is 1.05. The average Bonchev–Trinajstić information content (AvgIpc) is 2.09. The highest BCUT2D eigenvalue weighted by molar-refractivity contribution is 7.46. The van der Waals surface area contributed by atoms with Crippen LogP contribution in [0.25, 0.3) is 0 Å². The smallest absolute Gasteiger partial charge is 0.357 e. The number of phosphoric ester groups is 1. The van der Waals surface area contributed by atoms with Gasteiger partial charge in [-0.25, -0.2) is 4.57 Å². The van der Waals surface area contributed by atoms with Crippen molar-refractivity contribution in [2.24, 2.45) is 0 Å². The predicted octanol–water partition coefficient (Wildman–Crippen LogP) is -1.27. The van der Waals surface area contributed by atoms with E-state index in [-0.39, 0.29) is 0 Å². The van der Waals surface area contributed by atoms with E-state index in [2.05, 4.69) is 15.2 Å². The molecule has 0 bridgehead atoms. The monoisotopic (exact) mass is 254 g/mol. The van der Waals surface area contributed by atoms with Crippen molar-refractivity contribution in [1.29, 1.82) is 0 Å². The van der Waals surface area contributed by atoms with Crippen LogP contribution in [-0.4, -0.2) is 40.8 Å². The van der Waals surface area contributed by atoms with Crippen LogP contribution in [0.1, 0.15) is 13.8 Å². The van der Waals surface area contributed by atoms with Gasteiger partial charge in [-0.15, -0.1) is 0 Å². The lowest BCUT2D eigenvalue weighted by Crippen LogP contribution is -2.51. The maximum atomic E-state index is 11.3. The molecule has 0 aromatic rings. The third-order valence-corrected chi connectivity index (χ3v) is 2.27. The molecule has 0 rings (SSSR count). The molecule has 0 radical (unpaired) electrons. The van der Waals surface area contributed by atoms with Crippen LogP contribution in [0.4, 0.5) is 0 Å². The van der Waals surface area contributed by atoms with E-state index in [4.69, 9.17) is 9.79 Å². The van der Waals surface area contributed by atoms with E-state index in [0.29, 0.717) is 0 Å². The molecule has 0 aliphatic rings. The summed E-state index contributed by atoms with van der Waals surface area (Å²) >= 11 is 0. The zero-order valence-corrected chi connectivity index (χ0v) is 10.0. The zero-order valence-electron chi connectivity index (χ0n) is 9.13. The molecule has 0 saturated carbocycles. The van der Waals surface area contributed by atoms with Gasteiger partial charge in [-0.2, -0.15) is 0 Å². The number of hydrogen-bond donors (Lipinski definition) is 4. The Morgan fingerprint density at radius 2 is 1.88 bits per heavy atom. The van der Waals surface area contributed by atoms with Crippen molar-refractivity contribution in [2.45, 2.75) is 26.0 Å². The minimum atomic E-state index is -4.70. The van der Waals surface area contributed by atoms with Gasteiger partial charge < -0.3 is 20.4 Å². The molecule has 0 fully saturated rings. The number of carbonyl (C=O) groups is 2. The molecule has 0 aliphatic carbocycles. The molecule has 9 heteroatoms. The van der Waals surface area contributed by atoms with Gasteiger partial charge in [0.15, 0.2) is 0 Å². The molecule has 4 N–H and O–H groups in total. The Bertz CT molecular complexity index is 314. The summed E-state index contributed by atoms with van der Waals surface area (Å²) in [5.41, 5.74) is 0. The van der Waals surface area contributed by atoms with Crippen molar-refractivity contribution >= 4 is 19.6 Å². The Kier molecular flexibility index (Phi) is 5.60. The van der Waals surface area contributed by atoms with Crippen LogP contribution in [0.5, 0.6) is 0 Å². The molecule has 94 valence electrons. The van der Waals surface area contributed by atoms with Gasteiger partial charge in [-0.3, -0.25) is 14.1 Å². The third kappa shape index (κ3) is 5.82. The van der Waals surface area contributed by atoms with Crippen molar-refractivity contribution in [2.75, 3.05) is 7.05 Å². The first kappa shape index (κ1) is 15.0. The highest BCUT2D eigenvalue weighted by Gasteiger charge is 2.31. The standard InChI is InChI=1S/C7H15N2O6P/c1-4(15-16(12,13)14)6(7(11)8-3)9-5(2)10/h4,6H,1-3H3,(H,8,11)(H,9,10)(H2,12,13,14)/t4-,6+/m1/s1. The number of rotatable bonds is 5. The highest BCUT2D eigenvalue weighted by atomic mass is 31.2. The van der Waals surface area contributed by atoms with E-state index in [9.17, 15) is 14.2 Å². The summed E-state index contributed by atoms with van der Waals surface area (Å²) in [7, 11) is -3.37. The number of phosphoric acid groups is 1. The number of carbonyl (C=O) groups excluding carboxylic acids is 2. The van der Waals surface area contributed by atoms with Crippen molar-refractivity contribution in [3.8, 4) is 0 Å². The Hall–Kier alpha value is -0.950. The third-order valence-electron chi connectivity index (χ3n) is 1.66. The molecule has 2 amide bonds. The number of hydrogen-bond acceptors (Lipinski definition) is 4. The maximum absolute atomic E-state index is 11.3. The molecule has 16 heavy (non-hydrogen) atoms. The molecular weight excluding hydrogens is 239 g/mol. The molecule has 2 atom stereocenters. The van der Waals surface area contributed by atoms with Crippen LogP contribution >= 0.6 is 7.82 Å². The summed E-state index contributed by atoms with van der Waals surface area (Å²) in [6.07, 6.45) is -1.15. The van der Waals surface area contributed by atoms with Crippen LogP contribution in [0, 0.1) is 0 Å². The fourth-order valence-corrected chi connectivity index (χ4v) is 1.60. The molecule has 0 saturated heterocycles. The second-order valence-corrected chi connectivity index (χ2v) is 4.29. The average molecular weight is 254 g/mol. The van der Waals surface area contributed by atoms with Gasteiger partial charge in [0.2, 0.25) is 11.8 Å². The van der Waals surface area contributed by atoms with Crippen LogP contribution in [0.15, 0.2) is 0 Å². The second-order valence-electron chi connectivity index (χ2n) is 3.09. The lowest BCUT2D eigenvalue weighted by molar-refractivity contribution is -0.130. The molecular formula is C7H15N2O6P. The van der Waals surface area contributed by atoms with Crippen molar-refractivity contribution < 1.29 is 28.5 Å². The van der Waals surface area contributed by atoms with E-state index < -0.39 is 31.8 Å². The summed E-state index contributed by atoms with van der Waals surface area (Å²) in [5, 5.41) is 4.48. The summed E-state index contributed by atoms with van der Waals surface area (Å²) in [4.78, 5) is 39.3. The fraction of sp³-hybridized carbons (Fsp3) is 0.714. The summed E-state index contributed by atoms with van der Waals surface area (Å²) in [6.45, 7) is 2.45. The van der Waals surface area contributed by atoms with Crippen LogP contribution in [-0.2, 0) is 18.7 Å². The minimum absolute atomic E-state index is 0.505. The first-order valence-corrected chi connectivity index (χ1v) is 5.93. The molecule has 0 aliphatic heterocycles. The van der Waals surface area contributed by atoms with Gasteiger partial charge in [0, 0.05) is 14.0 Å². The normalized spacial score (nSPS) is 15.1. The topological polar surface area (TPSA) is 125 Å². The minimum Gasteiger partial charge on any atom is -0.357 e. The van der Waals surface area contributed by atoms with Gasteiger partial charge >= 0.3 is 7.82 Å². The summed E-state index contributed by atoms with van der Waals surface area (Å²) < 4.78 is 14.9. The van der Waals surface area contributed by atoms with Crippen LogP contribution < -0.4 is 10.6 Å². The highest BCUT2D eigenvalue weighted by Crippen LogP contribution is 2.38. The quantitative estimate of drug-likeness (QED) is 0.453. The maximum Gasteiger partial charge on any atom is 0.469 e. The molecule has 0 aromatic carbocycles. The predicted molar refractivity (Wildman–Crippen MR) is 54.3 cm³/mol. The van der Waals surface area contributed by atoms with Gasteiger partial charge in [0.25, 0.3) is 0 Å². The van der Waals surface area contributed by atoms with Gasteiger partial charge in [-0.05, 0) is 6.92 Å². The van der Waals surface area contributed by atoms with E-state index in [1.165, 1.54) is 20.9 Å². The molecule has 0 spiro atoms. The van der Waals surface area contributed by atoms with Crippen molar-refractivity contribution in [1.82, 2.24) is 10.6 Å². The SMILES string of the molecule is CNC(=O)[C@@H](NC(C)=O)[C@@H](C)OP(=O)(O)O. The Labute approximate surface area is 92.6 Å². The summed E-state index contributed by atoms with van der Waals surface area (Å²) in [6, 6.07) is -1.16. The molecule has 0 unspecified atom stereocenters. The van der Waals surface area contributed by atoms with Gasteiger partial charge in [0.1, 0.15) is 6.04 Å². The molecule has 0 heterocycles. The first-order chi connectivity index (χ1) is 7.17. The van der Waals surface area contributed by atoms with Gasteiger partial charge in [0.05, 0.1) is 6.10 Å². The van der Waals surface area contributed by atoms with Crippen LogP contribution in [0.2, 0.25) is 0 Å². The Morgan fingerprint density at radius 1 is 1.38 bits per heavy atom. The van der Waals surface area contributed by atoms with Crippen molar-refractivity contribution in [3.05, 3.63) is 0 Å².